The summed E-state index contributed by atoms with van der Waals surface area (Å²) >= 11 is 0. The summed E-state index contributed by atoms with van der Waals surface area (Å²) in [7, 11) is 0. The Morgan fingerprint density at radius 2 is 1.04 bits per heavy atom. The van der Waals surface area contributed by atoms with Crippen LogP contribution in [0.3, 0.4) is 0 Å². The number of hydrogen-bond acceptors (Lipinski definition) is 8. The van der Waals surface area contributed by atoms with Gasteiger partial charge in [-0.15, -0.1) is 0 Å². The summed E-state index contributed by atoms with van der Waals surface area (Å²) in [4.78, 5) is 52.5. The Morgan fingerprint density at radius 1 is 0.720 bits per heavy atom. The number of aliphatic carboxylic acids is 2. The van der Waals surface area contributed by atoms with E-state index in [0.29, 0.717) is 0 Å². The van der Waals surface area contributed by atoms with Gasteiger partial charge in [-0.3, -0.25) is 0 Å². The molecule has 0 aliphatic carbocycles. The van der Waals surface area contributed by atoms with Gasteiger partial charge in [0.05, 0.1) is 0 Å². The van der Waals surface area contributed by atoms with Crippen molar-refractivity contribution in [2.75, 3.05) is 0 Å². The number of ether oxygens (including phenoxy) is 3. The maximum atomic E-state index is 11.1. The summed E-state index contributed by atoms with van der Waals surface area (Å²) in [5.74, 6) is -4.86. The average Bonchev–Trinajstić information content (AvgIpc) is 2.54. The standard InChI is InChI=1S/C9H12O6.C6H8O4/c1-4-7(10)14-6(3)9(13)15-5(2)8(11)12;1-3-5(7)10-4(2)6(8)9/h4-6H,1H2,2-3H3,(H,11,12);3-4H,1H2,2H3,(H,8,9). The van der Waals surface area contributed by atoms with E-state index in [-0.39, 0.29) is 0 Å². The Labute approximate surface area is 143 Å². The van der Waals surface area contributed by atoms with Crippen molar-refractivity contribution in [3.63, 3.8) is 0 Å². The molecule has 140 valence electrons. The van der Waals surface area contributed by atoms with Crippen molar-refractivity contribution in [2.24, 2.45) is 0 Å². The molecule has 0 radical (unpaired) electrons. The molecule has 0 rings (SSSR count). The van der Waals surface area contributed by atoms with Crippen LogP contribution in [0.25, 0.3) is 0 Å². The summed E-state index contributed by atoms with van der Waals surface area (Å²) in [6.45, 7) is 9.99. The summed E-state index contributed by atoms with van der Waals surface area (Å²) in [5, 5.41) is 16.7. The number of carbonyl (C=O) groups is 5. The lowest BCUT2D eigenvalue weighted by Crippen LogP contribution is -2.31. The first-order chi connectivity index (χ1) is 11.5. The Hall–Kier alpha value is -3.17. The van der Waals surface area contributed by atoms with Gasteiger partial charge in [0.15, 0.2) is 18.3 Å². The lowest BCUT2D eigenvalue weighted by Gasteiger charge is -2.13. The zero-order chi connectivity index (χ0) is 20.2. The second-order valence-corrected chi connectivity index (χ2v) is 4.32. The lowest BCUT2D eigenvalue weighted by molar-refractivity contribution is -0.173. The molecule has 0 amide bonds. The minimum Gasteiger partial charge on any atom is -0.479 e. The highest BCUT2D eigenvalue weighted by molar-refractivity contribution is 5.86. The molecule has 0 aliphatic rings. The molecule has 0 spiro atoms. The topological polar surface area (TPSA) is 154 Å². The first kappa shape index (κ1) is 24.1. The van der Waals surface area contributed by atoms with Gasteiger partial charge >= 0.3 is 29.8 Å². The van der Waals surface area contributed by atoms with Gasteiger partial charge in [-0.25, -0.2) is 24.0 Å². The number of carboxylic acid groups (broad SMARTS) is 2. The van der Waals surface area contributed by atoms with Gasteiger partial charge in [-0.1, -0.05) is 13.2 Å². The van der Waals surface area contributed by atoms with Crippen LogP contribution in [-0.2, 0) is 38.2 Å². The molecule has 0 aliphatic heterocycles. The van der Waals surface area contributed by atoms with E-state index in [9.17, 15) is 24.0 Å². The van der Waals surface area contributed by atoms with Crippen molar-refractivity contribution in [3.05, 3.63) is 25.3 Å². The number of carboxylic acids is 2. The van der Waals surface area contributed by atoms with Crippen molar-refractivity contribution < 1.29 is 48.4 Å². The van der Waals surface area contributed by atoms with Gasteiger partial charge < -0.3 is 24.4 Å². The monoisotopic (exact) mass is 360 g/mol. The van der Waals surface area contributed by atoms with Crippen LogP contribution >= 0.6 is 0 Å². The smallest absolute Gasteiger partial charge is 0.348 e. The summed E-state index contributed by atoms with van der Waals surface area (Å²) < 4.78 is 13.3. The molecule has 25 heavy (non-hydrogen) atoms. The van der Waals surface area contributed by atoms with Crippen molar-refractivity contribution in [2.45, 2.75) is 39.1 Å². The maximum absolute atomic E-state index is 11.1. The van der Waals surface area contributed by atoms with Crippen molar-refractivity contribution >= 4 is 29.8 Å². The third kappa shape index (κ3) is 12.0. The molecule has 0 saturated carbocycles. The highest BCUT2D eigenvalue weighted by atomic mass is 16.6. The predicted octanol–water partition coefficient (Wildman–Crippen LogP) is 0.309. The quantitative estimate of drug-likeness (QED) is 0.351. The van der Waals surface area contributed by atoms with E-state index in [1.54, 1.807) is 0 Å². The normalized spacial score (nSPS) is 12.8. The maximum Gasteiger partial charge on any atom is 0.348 e. The minimum atomic E-state index is -1.28. The molecule has 10 heteroatoms. The van der Waals surface area contributed by atoms with Crippen molar-refractivity contribution in [1.82, 2.24) is 0 Å². The van der Waals surface area contributed by atoms with E-state index in [4.69, 9.17) is 10.2 Å². The number of esters is 3. The second kappa shape index (κ2) is 12.3. The molecule has 0 aromatic rings. The summed E-state index contributed by atoms with van der Waals surface area (Å²) in [6.07, 6.45) is -1.73. The Morgan fingerprint density at radius 3 is 1.36 bits per heavy atom. The molecule has 0 bridgehead atoms. The summed E-state index contributed by atoms with van der Waals surface area (Å²) in [5.41, 5.74) is 0. The van der Waals surface area contributed by atoms with Crippen LogP contribution in [0.2, 0.25) is 0 Å². The van der Waals surface area contributed by atoms with Crippen molar-refractivity contribution in [3.8, 4) is 0 Å². The molecule has 0 aromatic heterocycles. The highest BCUT2D eigenvalue weighted by Crippen LogP contribution is 2.00. The molecular formula is C15H20O10. The molecule has 10 nitrogen and oxygen atoms in total. The van der Waals surface area contributed by atoms with Gasteiger partial charge in [-0.2, -0.15) is 0 Å². The first-order valence-corrected chi connectivity index (χ1v) is 6.78. The third-order valence-corrected chi connectivity index (χ3v) is 2.24. The third-order valence-electron chi connectivity index (χ3n) is 2.24. The van der Waals surface area contributed by atoms with Gasteiger partial charge in [0.2, 0.25) is 0 Å². The molecular weight excluding hydrogens is 340 g/mol. The highest BCUT2D eigenvalue weighted by Gasteiger charge is 2.23. The van der Waals surface area contributed by atoms with E-state index in [1.165, 1.54) is 20.8 Å². The van der Waals surface area contributed by atoms with Crippen LogP contribution in [0.4, 0.5) is 0 Å². The fraction of sp³-hybridized carbons (Fsp3) is 0.400. The zero-order valence-corrected chi connectivity index (χ0v) is 14.0. The van der Waals surface area contributed by atoms with Gasteiger partial charge in [0.1, 0.15) is 0 Å². The van der Waals surface area contributed by atoms with E-state index in [1.807, 2.05) is 0 Å². The fourth-order valence-electron chi connectivity index (χ4n) is 0.864. The second-order valence-electron chi connectivity index (χ2n) is 4.32. The molecule has 3 unspecified atom stereocenters. The van der Waals surface area contributed by atoms with E-state index in [2.05, 4.69) is 27.4 Å². The minimum absolute atomic E-state index is 0.727. The summed E-state index contributed by atoms with van der Waals surface area (Å²) in [6, 6.07) is 0. The molecule has 0 saturated heterocycles. The molecule has 2 N–H and O–H groups in total. The van der Waals surface area contributed by atoms with Crippen LogP contribution in [-0.4, -0.2) is 58.4 Å². The first-order valence-electron chi connectivity index (χ1n) is 6.78. The Balaban J connectivity index is 0. The van der Waals surface area contributed by atoms with Gasteiger partial charge in [-0.05, 0) is 20.8 Å². The largest absolute Gasteiger partial charge is 0.479 e. The number of hydrogen-bond donors (Lipinski definition) is 2. The van der Waals surface area contributed by atoms with E-state index < -0.39 is 48.2 Å². The van der Waals surface area contributed by atoms with Crippen LogP contribution in [0.1, 0.15) is 20.8 Å². The molecule has 0 aromatic carbocycles. The van der Waals surface area contributed by atoms with Crippen LogP contribution in [0, 0.1) is 0 Å². The Kier molecular flexibility index (Phi) is 11.8. The van der Waals surface area contributed by atoms with Gasteiger partial charge in [0.25, 0.3) is 0 Å². The van der Waals surface area contributed by atoms with Crippen LogP contribution in [0.5, 0.6) is 0 Å². The molecule has 0 fully saturated rings. The SMILES string of the molecule is C=CC(=O)OC(C)C(=O)O.C=CC(=O)OC(C)C(=O)OC(C)C(=O)O. The average molecular weight is 360 g/mol. The Bertz CT molecular complexity index is 536. The van der Waals surface area contributed by atoms with E-state index >= 15 is 0 Å². The number of rotatable bonds is 8. The van der Waals surface area contributed by atoms with E-state index in [0.717, 1.165) is 12.2 Å². The van der Waals surface area contributed by atoms with Crippen LogP contribution < -0.4 is 0 Å². The lowest BCUT2D eigenvalue weighted by atomic mass is 10.4. The number of carbonyl (C=O) groups excluding carboxylic acids is 3. The van der Waals surface area contributed by atoms with Crippen LogP contribution in [0.15, 0.2) is 25.3 Å². The zero-order valence-electron chi connectivity index (χ0n) is 14.0. The van der Waals surface area contributed by atoms with Gasteiger partial charge in [0, 0.05) is 12.2 Å². The fourth-order valence-corrected chi connectivity index (χ4v) is 0.864. The molecule has 3 atom stereocenters. The molecule has 0 heterocycles. The predicted molar refractivity (Wildman–Crippen MR) is 82.3 cm³/mol. The van der Waals surface area contributed by atoms with Crippen molar-refractivity contribution in [1.29, 1.82) is 0 Å².